The zero-order valence-electron chi connectivity index (χ0n) is 12.8. The highest BCUT2D eigenvalue weighted by molar-refractivity contribution is 5.76. The Morgan fingerprint density at radius 1 is 1.39 bits per heavy atom. The normalized spacial score (nSPS) is 13.6. The van der Waals surface area contributed by atoms with Crippen LogP contribution < -0.4 is 15.6 Å². The van der Waals surface area contributed by atoms with Crippen LogP contribution in [0, 0.1) is 0 Å². The third-order valence-corrected chi connectivity index (χ3v) is 3.64. The summed E-state index contributed by atoms with van der Waals surface area (Å²) in [4.78, 5) is 26.4. The lowest BCUT2D eigenvalue weighted by Crippen LogP contribution is -2.27. The van der Waals surface area contributed by atoms with E-state index < -0.39 is 0 Å². The van der Waals surface area contributed by atoms with E-state index in [0.717, 1.165) is 12.8 Å². The molecule has 1 heterocycles. The number of nitrogens with one attached hydrogen (secondary N) is 2. The summed E-state index contributed by atoms with van der Waals surface area (Å²) >= 11 is 0. The van der Waals surface area contributed by atoms with Crippen LogP contribution in [0.5, 0.6) is 5.75 Å². The number of methoxy groups -OCH3 is 1. The Labute approximate surface area is 133 Å². The van der Waals surface area contributed by atoms with Gasteiger partial charge in [0.1, 0.15) is 11.4 Å². The number of rotatable bonds is 6. The minimum atomic E-state index is -0.322. The summed E-state index contributed by atoms with van der Waals surface area (Å²) in [6, 6.07) is 7.52. The van der Waals surface area contributed by atoms with Crippen LogP contribution in [-0.4, -0.2) is 34.2 Å². The first-order chi connectivity index (χ1) is 11.2. The van der Waals surface area contributed by atoms with E-state index in [1.54, 1.807) is 13.2 Å². The maximum absolute atomic E-state index is 12.1. The molecule has 0 aliphatic heterocycles. The second-order valence-electron chi connectivity index (χ2n) is 5.52. The number of amides is 1. The summed E-state index contributed by atoms with van der Waals surface area (Å²) in [5.74, 6) is 0.997. The van der Waals surface area contributed by atoms with Gasteiger partial charge >= 0.3 is 0 Å². The lowest BCUT2D eigenvalue weighted by Gasteiger charge is -2.05. The van der Waals surface area contributed by atoms with Crippen LogP contribution in [0.3, 0.4) is 0 Å². The molecule has 1 saturated carbocycles. The molecule has 0 unspecified atom stereocenters. The molecule has 1 aliphatic carbocycles. The van der Waals surface area contributed by atoms with Crippen LogP contribution in [0.4, 0.5) is 0 Å². The predicted octanol–water partition coefficient (Wildman–Crippen LogP) is 1.05. The molecule has 1 amide bonds. The molecule has 0 saturated heterocycles. The van der Waals surface area contributed by atoms with Gasteiger partial charge in [0.2, 0.25) is 5.91 Å². The van der Waals surface area contributed by atoms with E-state index in [1.807, 2.05) is 18.2 Å². The van der Waals surface area contributed by atoms with E-state index >= 15 is 0 Å². The van der Waals surface area contributed by atoms with Gasteiger partial charge in [-0.15, -0.1) is 10.2 Å². The number of carbonyl (C=O) groups is 1. The van der Waals surface area contributed by atoms with Gasteiger partial charge < -0.3 is 15.0 Å². The van der Waals surface area contributed by atoms with Gasteiger partial charge in [-0.05, 0) is 25.0 Å². The topological polar surface area (TPSA) is 97.0 Å². The summed E-state index contributed by atoms with van der Waals surface area (Å²) in [5.41, 5.74) is 0.659. The van der Waals surface area contributed by atoms with Gasteiger partial charge in [-0.25, -0.2) is 0 Å². The number of ether oxygens (including phenoxy) is 1. The number of nitrogens with zero attached hydrogens (tertiary/aromatic N) is 2. The minimum Gasteiger partial charge on any atom is -0.497 e. The monoisotopic (exact) mass is 314 g/mol. The number of hydrogen-bond acceptors (Lipinski definition) is 5. The van der Waals surface area contributed by atoms with E-state index in [9.17, 15) is 9.59 Å². The fraction of sp³-hybridized carbons (Fsp3) is 0.375. The lowest BCUT2D eigenvalue weighted by atomic mass is 10.2. The van der Waals surface area contributed by atoms with Crippen molar-refractivity contribution in [2.24, 2.45) is 0 Å². The number of hydrogen-bond donors (Lipinski definition) is 2. The van der Waals surface area contributed by atoms with E-state index in [4.69, 9.17) is 4.74 Å². The highest BCUT2D eigenvalue weighted by Gasteiger charge is 2.23. The van der Waals surface area contributed by atoms with Gasteiger partial charge in [0, 0.05) is 24.4 Å². The molecule has 0 spiro atoms. The number of benzene rings is 1. The third-order valence-electron chi connectivity index (χ3n) is 3.64. The van der Waals surface area contributed by atoms with Gasteiger partial charge in [0.15, 0.2) is 5.82 Å². The molecular weight excluding hydrogens is 296 g/mol. The molecule has 120 valence electrons. The fourth-order valence-corrected chi connectivity index (χ4v) is 2.18. The Morgan fingerprint density at radius 3 is 2.91 bits per heavy atom. The van der Waals surface area contributed by atoms with Crippen LogP contribution in [0.15, 0.2) is 29.1 Å². The Morgan fingerprint density at radius 2 is 2.22 bits per heavy atom. The average molecular weight is 314 g/mol. The van der Waals surface area contributed by atoms with Crippen molar-refractivity contribution in [1.29, 1.82) is 0 Å². The number of aromatic amines is 1. The van der Waals surface area contributed by atoms with Gasteiger partial charge in [-0.3, -0.25) is 9.59 Å². The Balaban J connectivity index is 1.69. The second kappa shape index (κ2) is 6.60. The number of H-pyrrole nitrogens is 1. The van der Waals surface area contributed by atoms with Crippen molar-refractivity contribution < 1.29 is 9.53 Å². The van der Waals surface area contributed by atoms with Crippen molar-refractivity contribution in [3.63, 3.8) is 0 Å². The van der Waals surface area contributed by atoms with Crippen LogP contribution >= 0.6 is 0 Å². The second-order valence-corrected chi connectivity index (χ2v) is 5.52. The standard InChI is InChI=1S/C16H18N4O3/c1-23-12-4-2-3-10(9-12)15-18-16(22)13(19-20-15)7-8-14(21)17-11-5-6-11/h2-4,9,11H,5-8H2,1H3,(H,17,21)(H,18,20,22). The summed E-state index contributed by atoms with van der Waals surface area (Å²) in [6.07, 6.45) is 2.61. The zero-order valence-corrected chi connectivity index (χ0v) is 12.8. The van der Waals surface area contributed by atoms with Gasteiger partial charge in [0.25, 0.3) is 5.56 Å². The smallest absolute Gasteiger partial charge is 0.273 e. The van der Waals surface area contributed by atoms with Gasteiger partial charge in [-0.2, -0.15) is 0 Å². The first-order valence-corrected chi connectivity index (χ1v) is 7.55. The third kappa shape index (κ3) is 3.94. The molecule has 1 aromatic carbocycles. The highest BCUT2D eigenvalue weighted by atomic mass is 16.5. The number of aryl methyl sites for hydroxylation is 1. The summed E-state index contributed by atoms with van der Waals surface area (Å²) in [7, 11) is 1.57. The number of aromatic nitrogens is 3. The predicted molar refractivity (Wildman–Crippen MR) is 84.1 cm³/mol. The fourth-order valence-electron chi connectivity index (χ4n) is 2.18. The first kappa shape index (κ1) is 15.2. The van der Waals surface area contributed by atoms with Crippen molar-refractivity contribution in [2.75, 3.05) is 7.11 Å². The average Bonchev–Trinajstić information content (AvgIpc) is 3.37. The van der Waals surface area contributed by atoms with E-state index in [-0.39, 0.29) is 30.0 Å². The molecule has 0 atom stereocenters. The zero-order chi connectivity index (χ0) is 16.2. The Bertz CT molecular complexity index is 768. The first-order valence-electron chi connectivity index (χ1n) is 7.55. The highest BCUT2D eigenvalue weighted by Crippen LogP contribution is 2.20. The van der Waals surface area contributed by atoms with Crippen molar-refractivity contribution in [3.8, 4) is 17.1 Å². The molecule has 3 rings (SSSR count). The van der Waals surface area contributed by atoms with E-state index in [0.29, 0.717) is 23.2 Å². The Kier molecular flexibility index (Phi) is 4.36. The van der Waals surface area contributed by atoms with Crippen LogP contribution in [0.25, 0.3) is 11.4 Å². The molecule has 2 aromatic rings. The molecule has 2 N–H and O–H groups in total. The van der Waals surface area contributed by atoms with Crippen molar-refractivity contribution in [1.82, 2.24) is 20.5 Å². The molecule has 7 heteroatoms. The molecule has 1 aromatic heterocycles. The molecule has 1 aliphatic rings. The van der Waals surface area contributed by atoms with E-state index in [2.05, 4.69) is 20.5 Å². The van der Waals surface area contributed by atoms with E-state index in [1.165, 1.54) is 0 Å². The summed E-state index contributed by atoms with van der Waals surface area (Å²) < 4.78 is 5.15. The molecule has 23 heavy (non-hydrogen) atoms. The lowest BCUT2D eigenvalue weighted by molar-refractivity contribution is -0.121. The van der Waals surface area contributed by atoms with Crippen LogP contribution in [0.1, 0.15) is 25.0 Å². The van der Waals surface area contributed by atoms with Gasteiger partial charge in [-0.1, -0.05) is 12.1 Å². The largest absolute Gasteiger partial charge is 0.497 e. The SMILES string of the molecule is COc1cccc(-c2nnc(CCC(=O)NC3CC3)c(=O)[nH]2)c1. The quantitative estimate of drug-likeness (QED) is 0.830. The number of carbonyl (C=O) groups excluding carboxylic acids is 1. The molecular formula is C16H18N4O3. The maximum atomic E-state index is 12.1. The van der Waals surface area contributed by atoms with Crippen molar-refractivity contribution in [3.05, 3.63) is 40.3 Å². The van der Waals surface area contributed by atoms with Crippen LogP contribution in [-0.2, 0) is 11.2 Å². The molecule has 0 radical (unpaired) electrons. The molecule has 0 bridgehead atoms. The maximum Gasteiger partial charge on any atom is 0.273 e. The summed E-state index contributed by atoms with van der Waals surface area (Å²) in [6.45, 7) is 0. The van der Waals surface area contributed by atoms with Crippen molar-refractivity contribution in [2.45, 2.75) is 31.7 Å². The van der Waals surface area contributed by atoms with Gasteiger partial charge in [0.05, 0.1) is 7.11 Å². The molecule has 7 nitrogen and oxygen atoms in total. The van der Waals surface area contributed by atoms with Crippen LogP contribution in [0.2, 0.25) is 0 Å². The molecule has 1 fully saturated rings. The minimum absolute atomic E-state index is 0.0504. The van der Waals surface area contributed by atoms with Crippen molar-refractivity contribution >= 4 is 5.91 Å². The Hall–Kier alpha value is -2.70. The summed E-state index contributed by atoms with van der Waals surface area (Å²) in [5, 5.41) is 10.9.